The monoisotopic (exact) mass is 394 g/mol. The van der Waals surface area contributed by atoms with E-state index < -0.39 is 6.10 Å². The highest BCUT2D eigenvalue weighted by Crippen LogP contribution is 2.29. The lowest BCUT2D eigenvalue weighted by Crippen LogP contribution is -2.48. The molecule has 0 bridgehead atoms. The Labute approximate surface area is 172 Å². The quantitative estimate of drug-likeness (QED) is 0.750. The number of nitrogens with one attached hydrogen (secondary N) is 2. The number of carbonyl (C=O) groups excluding carboxylic acids is 2. The summed E-state index contributed by atoms with van der Waals surface area (Å²) in [4.78, 5) is 25.4. The van der Waals surface area contributed by atoms with E-state index in [-0.39, 0.29) is 17.9 Å². The third-order valence-corrected chi connectivity index (χ3v) is 5.87. The molecule has 0 heterocycles. The van der Waals surface area contributed by atoms with Gasteiger partial charge in [0.1, 0.15) is 5.75 Å². The number of anilines is 1. The Bertz CT molecular complexity index is 837. The van der Waals surface area contributed by atoms with Gasteiger partial charge in [-0.1, -0.05) is 57.0 Å². The van der Waals surface area contributed by atoms with Crippen LogP contribution in [0.25, 0.3) is 0 Å². The smallest absolute Gasteiger partial charge is 0.261 e. The zero-order chi connectivity index (χ0) is 20.8. The van der Waals surface area contributed by atoms with E-state index >= 15 is 0 Å². The van der Waals surface area contributed by atoms with E-state index in [2.05, 4.69) is 24.5 Å². The molecule has 0 aliphatic heterocycles. The number of benzene rings is 2. The Morgan fingerprint density at radius 3 is 2.45 bits per heavy atom. The van der Waals surface area contributed by atoms with Crippen LogP contribution in [-0.2, 0) is 4.79 Å². The second kappa shape index (κ2) is 9.59. The van der Waals surface area contributed by atoms with Gasteiger partial charge in [-0.15, -0.1) is 0 Å². The normalized spacial score (nSPS) is 22.4. The highest BCUT2D eigenvalue weighted by Gasteiger charge is 2.30. The number of rotatable bonds is 6. The fraction of sp³-hybridized carbons (Fsp3) is 0.417. The van der Waals surface area contributed by atoms with Crippen LogP contribution in [0.1, 0.15) is 50.4 Å². The van der Waals surface area contributed by atoms with Crippen LogP contribution < -0.4 is 15.4 Å². The molecule has 0 saturated heterocycles. The lowest BCUT2D eigenvalue weighted by molar-refractivity contribution is -0.128. The van der Waals surface area contributed by atoms with E-state index in [9.17, 15) is 9.59 Å². The van der Waals surface area contributed by atoms with Crippen molar-refractivity contribution in [3.05, 3.63) is 60.2 Å². The standard InChI is InChI=1S/C24H30N2O3/c1-16-10-9-14-21(17(16)2)26-23(27)18(3)29-22-15-8-7-13-20(22)24(28)25-19-11-5-4-6-12-19/h4-8,11-13,15-18,21H,9-10,14H2,1-3H3,(H,25,28)(H,26,27)/t16-,17+,18+,21+/m0/s1. The Kier molecular flexibility index (Phi) is 6.91. The molecule has 0 radical (unpaired) electrons. The Morgan fingerprint density at radius 1 is 1.00 bits per heavy atom. The first kappa shape index (κ1) is 20.9. The van der Waals surface area contributed by atoms with Crippen molar-refractivity contribution in [2.75, 3.05) is 5.32 Å². The molecule has 154 valence electrons. The van der Waals surface area contributed by atoms with E-state index in [1.54, 1.807) is 31.2 Å². The molecule has 2 aromatic carbocycles. The van der Waals surface area contributed by atoms with E-state index in [1.807, 2.05) is 30.3 Å². The van der Waals surface area contributed by atoms with Gasteiger partial charge >= 0.3 is 0 Å². The maximum Gasteiger partial charge on any atom is 0.261 e. The van der Waals surface area contributed by atoms with E-state index in [1.165, 1.54) is 6.42 Å². The van der Waals surface area contributed by atoms with Gasteiger partial charge in [0.25, 0.3) is 11.8 Å². The summed E-state index contributed by atoms with van der Waals surface area (Å²) in [6, 6.07) is 16.4. The van der Waals surface area contributed by atoms with Gasteiger partial charge in [-0.3, -0.25) is 9.59 Å². The van der Waals surface area contributed by atoms with Crippen molar-refractivity contribution in [2.24, 2.45) is 11.8 Å². The van der Waals surface area contributed by atoms with Gasteiger partial charge < -0.3 is 15.4 Å². The molecule has 1 aliphatic carbocycles. The molecule has 4 atom stereocenters. The molecule has 0 unspecified atom stereocenters. The maximum absolute atomic E-state index is 12.7. The summed E-state index contributed by atoms with van der Waals surface area (Å²) in [5, 5.41) is 6.00. The lowest BCUT2D eigenvalue weighted by atomic mass is 9.78. The van der Waals surface area contributed by atoms with E-state index in [4.69, 9.17) is 4.74 Å². The molecule has 5 nitrogen and oxygen atoms in total. The SMILES string of the molecule is C[C@@H]1[C@@H](C)CCC[C@H]1NC(=O)[C@@H](C)Oc1ccccc1C(=O)Nc1ccccc1. The second-order valence-electron chi connectivity index (χ2n) is 7.96. The number of hydrogen-bond acceptors (Lipinski definition) is 3. The molecule has 5 heteroatoms. The first-order valence-electron chi connectivity index (χ1n) is 10.4. The average molecular weight is 395 g/mol. The maximum atomic E-state index is 12.7. The highest BCUT2D eigenvalue weighted by molar-refractivity contribution is 6.06. The van der Waals surface area contributed by atoms with Crippen molar-refractivity contribution < 1.29 is 14.3 Å². The predicted molar refractivity (Wildman–Crippen MR) is 115 cm³/mol. The van der Waals surface area contributed by atoms with Gasteiger partial charge in [-0.2, -0.15) is 0 Å². The van der Waals surface area contributed by atoms with Gasteiger partial charge in [0.2, 0.25) is 0 Å². The van der Waals surface area contributed by atoms with Gasteiger partial charge in [0, 0.05) is 11.7 Å². The van der Waals surface area contributed by atoms with Crippen molar-refractivity contribution in [1.29, 1.82) is 0 Å². The first-order valence-corrected chi connectivity index (χ1v) is 10.4. The molecule has 29 heavy (non-hydrogen) atoms. The molecule has 0 spiro atoms. The third-order valence-electron chi connectivity index (χ3n) is 5.87. The summed E-state index contributed by atoms with van der Waals surface area (Å²) in [5.41, 5.74) is 1.11. The summed E-state index contributed by atoms with van der Waals surface area (Å²) in [6.07, 6.45) is 2.66. The van der Waals surface area contributed by atoms with Crippen LogP contribution in [0.3, 0.4) is 0 Å². The van der Waals surface area contributed by atoms with Gasteiger partial charge in [0.15, 0.2) is 6.10 Å². The van der Waals surface area contributed by atoms with Gasteiger partial charge in [-0.05, 0) is 49.4 Å². The van der Waals surface area contributed by atoms with Crippen LogP contribution in [0.15, 0.2) is 54.6 Å². The Hall–Kier alpha value is -2.82. The van der Waals surface area contributed by atoms with E-state index in [0.29, 0.717) is 28.8 Å². The van der Waals surface area contributed by atoms with Crippen molar-refractivity contribution in [2.45, 2.75) is 52.2 Å². The zero-order valence-corrected chi connectivity index (χ0v) is 17.4. The molecule has 1 saturated carbocycles. The van der Waals surface area contributed by atoms with Crippen LogP contribution in [0.4, 0.5) is 5.69 Å². The highest BCUT2D eigenvalue weighted by atomic mass is 16.5. The van der Waals surface area contributed by atoms with Crippen LogP contribution in [0.5, 0.6) is 5.75 Å². The van der Waals surface area contributed by atoms with Gasteiger partial charge in [0.05, 0.1) is 5.56 Å². The summed E-state index contributed by atoms with van der Waals surface area (Å²) < 4.78 is 5.90. The Balaban J connectivity index is 1.65. The number of para-hydroxylation sites is 2. The molecular formula is C24H30N2O3. The summed E-state index contributed by atoms with van der Waals surface area (Å²) in [7, 11) is 0. The molecule has 2 amide bonds. The first-order chi connectivity index (χ1) is 14.0. The fourth-order valence-electron chi connectivity index (χ4n) is 3.81. The van der Waals surface area contributed by atoms with Crippen molar-refractivity contribution in [1.82, 2.24) is 5.32 Å². The average Bonchev–Trinajstić information content (AvgIpc) is 2.72. The zero-order valence-electron chi connectivity index (χ0n) is 17.4. The minimum Gasteiger partial charge on any atom is -0.480 e. The topological polar surface area (TPSA) is 67.4 Å². The van der Waals surface area contributed by atoms with Crippen LogP contribution in [-0.4, -0.2) is 24.0 Å². The number of carbonyl (C=O) groups is 2. The molecule has 2 N–H and O–H groups in total. The minimum absolute atomic E-state index is 0.144. The van der Waals surface area contributed by atoms with Gasteiger partial charge in [-0.25, -0.2) is 0 Å². The molecule has 1 fully saturated rings. The second-order valence-corrected chi connectivity index (χ2v) is 7.96. The molecule has 1 aliphatic rings. The summed E-state index contributed by atoms with van der Waals surface area (Å²) in [6.45, 7) is 6.16. The van der Waals surface area contributed by atoms with Crippen LogP contribution in [0.2, 0.25) is 0 Å². The van der Waals surface area contributed by atoms with Crippen molar-refractivity contribution in [3.8, 4) is 5.75 Å². The van der Waals surface area contributed by atoms with Crippen LogP contribution >= 0.6 is 0 Å². The van der Waals surface area contributed by atoms with Crippen LogP contribution in [0, 0.1) is 11.8 Å². The molecule has 3 rings (SSSR count). The summed E-state index contributed by atoms with van der Waals surface area (Å²) >= 11 is 0. The number of hydrogen-bond donors (Lipinski definition) is 2. The Morgan fingerprint density at radius 2 is 1.69 bits per heavy atom. The number of ether oxygens (including phenoxy) is 1. The number of amides is 2. The summed E-state index contributed by atoms with van der Waals surface area (Å²) in [5.74, 6) is 1.04. The predicted octanol–water partition coefficient (Wildman–Crippen LogP) is 4.65. The fourth-order valence-corrected chi connectivity index (χ4v) is 3.81. The third kappa shape index (κ3) is 5.37. The molecular weight excluding hydrogens is 364 g/mol. The van der Waals surface area contributed by atoms with Crippen molar-refractivity contribution >= 4 is 17.5 Å². The largest absolute Gasteiger partial charge is 0.480 e. The molecule has 0 aromatic heterocycles. The minimum atomic E-state index is -0.690. The lowest BCUT2D eigenvalue weighted by Gasteiger charge is -2.35. The molecule has 2 aromatic rings. The van der Waals surface area contributed by atoms with Crippen molar-refractivity contribution in [3.63, 3.8) is 0 Å². The van der Waals surface area contributed by atoms with E-state index in [0.717, 1.165) is 12.8 Å².